The van der Waals surface area contributed by atoms with E-state index in [1.165, 1.54) is 6.26 Å². The maximum Gasteiger partial charge on any atom is 0.150 e. The Hall–Kier alpha value is -0.130. The van der Waals surface area contributed by atoms with Gasteiger partial charge in [0.1, 0.15) is 9.84 Å². The quantitative estimate of drug-likeness (QED) is 0.747. The van der Waals surface area contributed by atoms with Crippen molar-refractivity contribution in [3.05, 3.63) is 0 Å². The van der Waals surface area contributed by atoms with Gasteiger partial charge in [0.25, 0.3) is 0 Å². The molecule has 0 aromatic heterocycles. The van der Waals surface area contributed by atoms with Gasteiger partial charge in [-0.25, -0.2) is 8.42 Å². The molecule has 0 aromatic carbocycles. The van der Waals surface area contributed by atoms with Crippen molar-refractivity contribution in [2.24, 2.45) is 5.92 Å². The molecule has 1 aliphatic rings. The van der Waals surface area contributed by atoms with Gasteiger partial charge >= 0.3 is 0 Å². The Morgan fingerprint density at radius 2 is 2.00 bits per heavy atom. The largest absolute Gasteiger partial charge is 0.377 e. The second-order valence-electron chi connectivity index (χ2n) is 6.68. The van der Waals surface area contributed by atoms with E-state index in [1.54, 1.807) is 7.11 Å². The summed E-state index contributed by atoms with van der Waals surface area (Å²) in [4.78, 5) is 0. The highest BCUT2D eigenvalue weighted by atomic mass is 32.2. The van der Waals surface area contributed by atoms with Crippen molar-refractivity contribution in [2.75, 3.05) is 19.9 Å². The standard InChI is InChI=1S/C16H33NO3S/c1-6-11-17-15(16(3,7-2)20-4)13-9-8-10-14(12-13)21(5,18)19/h13-15,17H,6-12H2,1-5H3. The highest BCUT2D eigenvalue weighted by Crippen LogP contribution is 2.36. The number of hydrogen-bond donors (Lipinski definition) is 1. The molecule has 4 nitrogen and oxygen atoms in total. The minimum absolute atomic E-state index is 0.180. The number of nitrogens with one attached hydrogen (secondary N) is 1. The molecule has 1 rings (SSSR count). The zero-order chi connectivity index (χ0) is 16.1. The Kier molecular flexibility index (Phi) is 7.14. The number of hydrogen-bond acceptors (Lipinski definition) is 4. The molecule has 5 heteroatoms. The molecule has 0 amide bonds. The maximum atomic E-state index is 11.9. The van der Waals surface area contributed by atoms with Gasteiger partial charge in [-0.05, 0) is 51.5 Å². The van der Waals surface area contributed by atoms with E-state index in [0.29, 0.717) is 5.92 Å². The summed E-state index contributed by atoms with van der Waals surface area (Å²) in [5, 5.41) is 3.45. The SMILES string of the molecule is CCCNC(C1CCCC(S(C)(=O)=O)C1)C(C)(CC)OC. The predicted octanol–water partition coefficient (Wildman–Crippen LogP) is 2.77. The second-order valence-corrected chi connectivity index (χ2v) is 9.01. The van der Waals surface area contributed by atoms with Crippen molar-refractivity contribution in [3.8, 4) is 0 Å². The first kappa shape index (κ1) is 18.9. The highest BCUT2D eigenvalue weighted by molar-refractivity contribution is 7.91. The lowest BCUT2D eigenvalue weighted by atomic mass is 9.76. The lowest BCUT2D eigenvalue weighted by Gasteiger charge is -2.44. The molecule has 0 aliphatic heterocycles. The fourth-order valence-corrected chi connectivity index (χ4v) is 4.74. The third-order valence-electron chi connectivity index (χ3n) is 5.18. The minimum atomic E-state index is -2.94. The first-order valence-electron chi connectivity index (χ1n) is 8.25. The predicted molar refractivity (Wildman–Crippen MR) is 88.4 cm³/mol. The molecule has 1 N–H and O–H groups in total. The summed E-state index contributed by atoms with van der Waals surface area (Å²) < 4.78 is 29.6. The van der Waals surface area contributed by atoms with E-state index in [9.17, 15) is 8.42 Å². The second kappa shape index (κ2) is 7.93. The van der Waals surface area contributed by atoms with Gasteiger partial charge in [0.2, 0.25) is 0 Å². The van der Waals surface area contributed by atoms with Gasteiger partial charge < -0.3 is 10.1 Å². The third-order valence-corrected chi connectivity index (χ3v) is 6.82. The lowest BCUT2D eigenvalue weighted by molar-refractivity contribution is -0.0497. The van der Waals surface area contributed by atoms with Crippen molar-refractivity contribution in [3.63, 3.8) is 0 Å². The molecule has 1 aliphatic carbocycles. The summed E-state index contributed by atoms with van der Waals surface area (Å²) in [5.74, 6) is 0.370. The Morgan fingerprint density at radius 3 is 2.48 bits per heavy atom. The van der Waals surface area contributed by atoms with Crippen LogP contribution in [0.4, 0.5) is 0 Å². The fourth-order valence-electron chi connectivity index (χ4n) is 3.54. The van der Waals surface area contributed by atoms with Crippen molar-refractivity contribution >= 4 is 9.84 Å². The summed E-state index contributed by atoms with van der Waals surface area (Å²) in [5.41, 5.74) is -0.237. The van der Waals surface area contributed by atoms with Crippen LogP contribution in [0.5, 0.6) is 0 Å². The first-order chi connectivity index (χ1) is 9.78. The monoisotopic (exact) mass is 319 g/mol. The molecule has 1 fully saturated rings. The van der Waals surface area contributed by atoms with Gasteiger partial charge in [0.05, 0.1) is 10.9 Å². The van der Waals surface area contributed by atoms with E-state index in [4.69, 9.17) is 4.74 Å². The van der Waals surface area contributed by atoms with E-state index >= 15 is 0 Å². The third kappa shape index (κ3) is 4.93. The summed E-state index contributed by atoms with van der Waals surface area (Å²) in [7, 11) is -1.18. The van der Waals surface area contributed by atoms with Crippen LogP contribution in [0.3, 0.4) is 0 Å². The molecule has 0 radical (unpaired) electrons. The topological polar surface area (TPSA) is 55.4 Å². The van der Waals surface area contributed by atoms with Crippen LogP contribution < -0.4 is 5.32 Å². The molecule has 0 heterocycles. The normalized spacial score (nSPS) is 28.0. The zero-order valence-corrected chi connectivity index (χ0v) is 15.1. The summed E-state index contributed by atoms with van der Waals surface area (Å²) in [6.45, 7) is 7.38. The molecule has 4 atom stereocenters. The fraction of sp³-hybridized carbons (Fsp3) is 1.00. The van der Waals surface area contributed by atoms with Crippen molar-refractivity contribution in [1.82, 2.24) is 5.32 Å². The number of methoxy groups -OCH3 is 1. The maximum absolute atomic E-state index is 11.9. The van der Waals surface area contributed by atoms with Crippen LogP contribution >= 0.6 is 0 Å². The van der Waals surface area contributed by atoms with E-state index in [-0.39, 0.29) is 16.9 Å². The van der Waals surface area contributed by atoms with Crippen LogP contribution in [0.2, 0.25) is 0 Å². The van der Waals surface area contributed by atoms with Crippen molar-refractivity contribution < 1.29 is 13.2 Å². The van der Waals surface area contributed by atoms with E-state index in [0.717, 1.165) is 45.1 Å². The van der Waals surface area contributed by atoms with E-state index in [1.807, 2.05) is 0 Å². The molecule has 0 aromatic rings. The number of ether oxygens (including phenoxy) is 1. The molecular weight excluding hydrogens is 286 g/mol. The number of rotatable bonds is 8. The molecule has 4 unspecified atom stereocenters. The first-order valence-corrected chi connectivity index (χ1v) is 10.2. The van der Waals surface area contributed by atoms with E-state index in [2.05, 4.69) is 26.1 Å². The van der Waals surface area contributed by atoms with Crippen LogP contribution in [0.25, 0.3) is 0 Å². The zero-order valence-electron chi connectivity index (χ0n) is 14.3. The average molecular weight is 320 g/mol. The Bertz CT molecular complexity index is 404. The molecule has 1 saturated carbocycles. The highest BCUT2D eigenvalue weighted by Gasteiger charge is 2.41. The molecule has 21 heavy (non-hydrogen) atoms. The minimum Gasteiger partial charge on any atom is -0.377 e. The molecule has 0 spiro atoms. The average Bonchev–Trinajstić information content (AvgIpc) is 2.46. The summed E-state index contributed by atoms with van der Waals surface area (Å²) in [6.07, 6.45) is 7.03. The van der Waals surface area contributed by atoms with Crippen molar-refractivity contribution in [1.29, 1.82) is 0 Å². The molecular formula is C16H33NO3S. The van der Waals surface area contributed by atoms with Gasteiger partial charge in [-0.2, -0.15) is 0 Å². The molecule has 0 saturated heterocycles. The van der Waals surface area contributed by atoms with E-state index < -0.39 is 9.84 Å². The van der Waals surface area contributed by atoms with Crippen LogP contribution in [0.15, 0.2) is 0 Å². The smallest absolute Gasteiger partial charge is 0.150 e. The number of sulfone groups is 1. The van der Waals surface area contributed by atoms with Crippen molar-refractivity contribution in [2.45, 2.75) is 76.2 Å². The Morgan fingerprint density at radius 1 is 1.33 bits per heavy atom. The molecule has 126 valence electrons. The van der Waals surface area contributed by atoms with Gasteiger partial charge in [-0.1, -0.05) is 20.3 Å². The lowest BCUT2D eigenvalue weighted by Crippen LogP contribution is -2.55. The van der Waals surface area contributed by atoms with Gasteiger partial charge in [-0.3, -0.25) is 0 Å². The van der Waals surface area contributed by atoms with Crippen LogP contribution in [0, 0.1) is 5.92 Å². The molecule has 0 bridgehead atoms. The Labute approximate surface area is 130 Å². The van der Waals surface area contributed by atoms with Gasteiger partial charge in [0.15, 0.2) is 0 Å². The summed E-state index contributed by atoms with van der Waals surface area (Å²) in [6, 6.07) is 0.219. The van der Waals surface area contributed by atoms with Crippen LogP contribution in [-0.2, 0) is 14.6 Å². The van der Waals surface area contributed by atoms with Gasteiger partial charge in [0, 0.05) is 19.4 Å². The van der Waals surface area contributed by atoms with Crippen LogP contribution in [0.1, 0.15) is 59.3 Å². The van der Waals surface area contributed by atoms with Gasteiger partial charge in [-0.15, -0.1) is 0 Å². The Balaban J connectivity index is 2.92. The van der Waals surface area contributed by atoms with Crippen LogP contribution in [-0.4, -0.2) is 45.2 Å². The summed E-state index contributed by atoms with van der Waals surface area (Å²) >= 11 is 0.